The zero-order valence-electron chi connectivity index (χ0n) is 15.1. The highest BCUT2D eigenvalue weighted by Gasteiger charge is 2.22. The molecule has 1 aliphatic rings. The number of amides is 1. The van der Waals surface area contributed by atoms with E-state index in [1.165, 1.54) is 11.1 Å². The molecule has 1 N–H and O–H groups in total. The summed E-state index contributed by atoms with van der Waals surface area (Å²) in [5, 5.41) is 3.00. The third-order valence-electron chi connectivity index (χ3n) is 4.91. The first-order chi connectivity index (χ1) is 12.6. The van der Waals surface area contributed by atoms with Gasteiger partial charge in [0.25, 0.3) is 5.91 Å². The molecule has 1 aliphatic carbocycles. The van der Waals surface area contributed by atoms with Gasteiger partial charge in [-0.1, -0.05) is 61.5 Å². The minimum Gasteiger partial charge on any atom is -0.456 e. The number of carbonyl (C=O) groups is 2. The second kappa shape index (κ2) is 8.65. The lowest BCUT2D eigenvalue weighted by Crippen LogP contribution is -2.34. The van der Waals surface area contributed by atoms with E-state index >= 15 is 0 Å². The van der Waals surface area contributed by atoms with Crippen molar-refractivity contribution in [2.24, 2.45) is 0 Å². The van der Waals surface area contributed by atoms with Gasteiger partial charge in [0.05, 0.1) is 12.5 Å². The van der Waals surface area contributed by atoms with Gasteiger partial charge in [-0.15, -0.1) is 0 Å². The molecule has 1 amide bonds. The highest BCUT2D eigenvalue weighted by molar-refractivity contribution is 5.81. The highest BCUT2D eigenvalue weighted by Crippen LogP contribution is 2.29. The fourth-order valence-corrected chi connectivity index (χ4v) is 3.49. The normalized spacial score (nSPS) is 17.0. The lowest BCUT2D eigenvalue weighted by Gasteiger charge is -2.26. The van der Waals surface area contributed by atoms with Crippen LogP contribution in [0.1, 0.15) is 54.8 Å². The third-order valence-corrected chi connectivity index (χ3v) is 4.91. The summed E-state index contributed by atoms with van der Waals surface area (Å²) in [6.07, 6.45) is 3.29. The van der Waals surface area contributed by atoms with Gasteiger partial charge >= 0.3 is 5.97 Å². The fraction of sp³-hybridized carbons (Fsp3) is 0.364. The molecular formula is C22H25NO3. The Morgan fingerprint density at radius 1 is 1.12 bits per heavy atom. The van der Waals surface area contributed by atoms with Crippen LogP contribution in [0.5, 0.6) is 0 Å². The number of ether oxygens (including phenoxy) is 1. The second-order valence-electron chi connectivity index (χ2n) is 6.89. The van der Waals surface area contributed by atoms with Crippen molar-refractivity contribution in [2.75, 3.05) is 6.61 Å². The highest BCUT2D eigenvalue weighted by atomic mass is 16.5. The molecule has 2 atom stereocenters. The monoisotopic (exact) mass is 351 g/mol. The van der Waals surface area contributed by atoms with Gasteiger partial charge in [0.15, 0.2) is 6.61 Å². The van der Waals surface area contributed by atoms with Crippen molar-refractivity contribution in [3.8, 4) is 0 Å². The molecule has 0 bridgehead atoms. The van der Waals surface area contributed by atoms with E-state index in [-0.39, 0.29) is 36.9 Å². The van der Waals surface area contributed by atoms with Gasteiger partial charge in [0.1, 0.15) is 0 Å². The minimum absolute atomic E-state index is 0.00870. The van der Waals surface area contributed by atoms with Crippen LogP contribution in [0.15, 0.2) is 54.6 Å². The molecule has 0 unspecified atom stereocenters. The molecule has 0 saturated heterocycles. The van der Waals surface area contributed by atoms with Gasteiger partial charge in [-0.05, 0) is 41.9 Å². The molecule has 26 heavy (non-hydrogen) atoms. The van der Waals surface area contributed by atoms with E-state index in [0.717, 1.165) is 24.8 Å². The van der Waals surface area contributed by atoms with Crippen LogP contribution >= 0.6 is 0 Å². The number of aryl methyl sites for hydroxylation is 1. The molecular weight excluding hydrogens is 326 g/mol. The topological polar surface area (TPSA) is 55.4 Å². The van der Waals surface area contributed by atoms with E-state index in [9.17, 15) is 9.59 Å². The van der Waals surface area contributed by atoms with Gasteiger partial charge in [0.2, 0.25) is 0 Å². The number of rotatable bonds is 6. The van der Waals surface area contributed by atoms with Crippen molar-refractivity contribution in [1.82, 2.24) is 5.32 Å². The van der Waals surface area contributed by atoms with Gasteiger partial charge in [0, 0.05) is 0 Å². The lowest BCUT2D eigenvalue weighted by atomic mass is 9.88. The van der Waals surface area contributed by atoms with E-state index in [4.69, 9.17) is 4.74 Å². The quantitative estimate of drug-likeness (QED) is 0.803. The summed E-state index contributed by atoms with van der Waals surface area (Å²) in [7, 11) is 0. The molecule has 2 aromatic carbocycles. The Morgan fingerprint density at radius 2 is 1.85 bits per heavy atom. The first-order valence-electron chi connectivity index (χ1n) is 9.21. The Morgan fingerprint density at radius 3 is 2.65 bits per heavy atom. The molecule has 136 valence electrons. The molecule has 0 fully saturated rings. The summed E-state index contributed by atoms with van der Waals surface area (Å²) in [5.74, 6) is -0.523. The summed E-state index contributed by atoms with van der Waals surface area (Å²) in [6.45, 7) is 1.76. The number of fused-ring (bicyclic) bond motifs is 1. The van der Waals surface area contributed by atoms with Crippen molar-refractivity contribution in [1.29, 1.82) is 0 Å². The van der Waals surface area contributed by atoms with E-state index < -0.39 is 0 Å². The molecule has 4 heteroatoms. The minimum atomic E-state index is -0.347. The maximum absolute atomic E-state index is 12.2. The van der Waals surface area contributed by atoms with Crippen LogP contribution < -0.4 is 5.32 Å². The van der Waals surface area contributed by atoms with Crippen molar-refractivity contribution in [3.63, 3.8) is 0 Å². The predicted octanol–water partition coefficient (Wildman–Crippen LogP) is 3.92. The van der Waals surface area contributed by atoms with Crippen LogP contribution in [0.3, 0.4) is 0 Å². The SMILES string of the molecule is C[C@@H](CC(=O)OCC(=O)N[C@H]1CCCc2ccccc21)c1ccccc1. The summed E-state index contributed by atoms with van der Waals surface area (Å²) < 4.78 is 5.17. The summed E-state index contributed by atoms with van der Waals surface area (Å²) in [4.78, 5) is 24.2. The zero-order valence-corrected chi connectivity index (χ0v) is 15.1. The summed E-state index contributed by atoms with van der Waals surface area (Å²) in [5.41, 5.74) is 3.56. The van der Waals surface area contributed by atoms with E-state index in [2.05, 4.69) is 17.4 Å². The standard InChI is InChI=1S/C22H25NO3/c1-16(17-8-3-2-4-9-17)14-22(25)26-15-21(24)23-20-13-7-11-18-10-5-6-12-19(18)20/h2-6,8-10,12,16,20H,7,11,13-15H2,1H3,(H,23,24)/t16-,20-/m0/s1. The molecule has 0 aromatic heterocycles. The summed E-state index contributed by atoms with van der Waals surface area (Å²) >= 11 is 0. The van der Waals surface area contributed by atoms with Crippen LogP contribution in [0.2, 0.25) is 0 Å². The van der Waals surface area contributed by atoms with Crippen LogP contribution in [-0.2, 0) is 20.7 Å². The van der Waals surface area contributed by atoms with Crippen LogP contribution in [0.4, 0.5) is 0 Å². The number of esters is 1. The number of hydrogen-bond donors (Lipinski definition) is 1. The number of carbonyl (C=O) groups excluding carboxylic acids is 2. The van der Waals surface area contributed by atoms with Crippen LogP contribution in [0.25, 0.3) is 0 Å². The average Bonchev–Trinajstić information content (AvgIpc) is 2.67. The molecule has 0 saturated carbocycles. The van der Waals surface area contributed by atoms with Crippen LogP contribution in [-0.4, -0.2) is 18.5 Å². The predicted molar refractivity (Wildman–Crippen MR) is 101 cm³/mol. The largest absolute Gasteiger partial charge is 0.456 e. The van der Waals surface area contributed by atoms with Crippen molar-refractivity contribution in [2.45, 2.75) is 44.6 Å². The molecule has 3 rings (SSSR count). The Bertz CT molecular complexity index is 757. The van der Waals surface area contributed by atoms with Crippen molar-refractivity contribution >= 4 is 11.9 Å². The maximum Gasteiger partial charge on any atom is 0.306 e. The first kappa shape index (κ1) is 18.2. The van der Waals surface area contributed by atoms with E-state index in [0.29, 0.717) is 0 Å². The Balaban J connectivity index is 1.46. The molecule has 2 aromatic rings. The summed E-state index contributed by atoms with van der Waals surface area (Å²) in [6, 6.07) is 18.0. The molecule has 0 aliphatic heterocycles. The second-order valence-corrected chi connectivity index (χ2v) is 6.89. The van der Waals surface area contributed by atoms with Gasteiger partial charge < -0.3 is 10.1 Å². The van der Waals surface area contributed by atoms with Crippen molar-refractivity contribution in [3.05, 3.63) is 71.3 Å². The smallest absolute Gasteiger partial charge is 0.306 e. The van der Waals surface area contributed by atoms with Crippen LogP contribution in [0, 0.1) is 0 Å². The Hall–Kier alpha value is -2.62. The lowest BCUT2D eigenvalue weighted by molar-refractivity contribution is -0.149. The Kier molecular flexibility index (Phi) is 6.05. The third kappa shape index (κ3) is 4.72. The number of benzene rings is 2. The Labute approximate surface area is 154 Å². The van der Waals surface area contributed by atoms with Gasteiger partial charge in [-0.2, -0.15) is 0 Å². The van der Waals surface area contributed by atoms with E-state index in [1.807, 2.05) is 49.4 Å². The van der Waals surface area contributed by atoms with Crippen molar-refractivity contribution < 1.29 is 14.3 Å². The molecule has 4 nitrogen and oxygen atoms in total. The van der Waals surface area contributed by atoms with Gasteiger partial charge in [-0.25, -0.2) is 0 Å². The molecule has 0 heterocycles. The maximum atomic E-state index is 12.2. The van der Waals surface area contributed by atoms with Gasteiger partial charge in [-0.3, -0.25) is 9.59 Å². The average molecular weight is 351 g/mol. The van der Waals surface area contributed by atoms with E-state index in [1.54, 1.807) is 0 Å². The first-order valence-corrected chi connectivity index (χ1v) is 9.21. The molecule has 0 spiro atoms. The fourth-order valence-electron chi connectivity index (χ4n) is 3.49. The number of hydrogen-bond acceptors (Lipinski definition) is 3. The number of nitrogens with one attached hydrogen (secondary N) is 1. The zero-order chi connectivity index (χ0) is 18.4. The molecule has 0 radical (unpaired) electrons.